The van der Waals surface area contributed by atoms with Crippen molar-refractivity contribution in [1.29, 1.82) is 0 Å². The molecule has 0 radical (unpaired) electrons. The Morgan fingerprint density at radius 1 is 1.14 bits per heavy atom. The van der Waals surface area contributed by atoms with Gasteiger partial charge in [0, 0.05) is 31.7 Å². The minimum atomic E-state index is 0.453. The lowest BCUT2D eigenvalue weighted by molar-refractivity contribution is 0.0985. The Balaban J connectivity index is 1.94. The highest BCUT2D eigenvalue weighted by atomic mass is 15.2. The second-order valence-corrected chi connectivity index (χ2v) is 8.48. The Labute approximate surface area is 133 Å². The molecule has 1 atom stereocenters. The molecule has 0 aromatic carbocycles. The molecule has 0 heterocycles. The quantitative estimate of drug-likeness (QED) is 0.640. The Kier molecular flexibility index (Phi) is 6.55. The minimum Gasteiger partial charge on any atom is -0.313 e. The van der Waals surface area contributed by atoms with E-state index in [2.05, 4.69) is 37.9 Å². The minimum absolute atomic E-state index is 0.453. The molecule has 0 aromatic heterocycles. The second kappa shape index (κ2) is 7.97. The molecular weight excluding hydrogens is 256 g/mol. The summed E-state index contributed by atoms with van der Waals surface area (Å²) in [5.41, 5.74) is 0.453. The number of hydrogen-bond donors (Lipinski definition) is 1. The highest BCUT2D eigenvalue weighted by Crippen LogP contribution is 2.31. The first-order valence-corrected chi connectivity index (χ1v) is 9.50. The molecule has 0 aromatic rings. The Morgan fingerprint density at radius 2 is 1.81 bits per heavy atom. The third kappa shape index (κ3) is 5.90. The van der Waals surface area contributed by atoms with Crippen LogP contribution in [0.25, 0.3) is 0 Å². The summed E-state index contributed by atoms with van der Waals surface area (Å²) >= 11 is 0. The van der Waals surface area contributed by atoms with Crippen LogP contribution in [0.2, 0.25) is 0 Å². The van der Waals surface area contributed by atoms with E-state index in [1.807, 2.05) is 0 Å². The zero-order valence-electron chi connectivity index (χ0n) is 15.0. The number of nitrogens with zero attached hydrogens (tertiary/aromatic N) is 1. The molecule has 2 nitrogen and oxygen atoms in total. The van der Waals surface area contributed by atoms with Crippen molar-refractivity contribution in [2.75, 3.05) is 19.6 Å². The summed E-state index contributed by atoms with van der Waals surface area (Å²) in [6.45, 7) is 13.4. The SMILES string of the molecule is CCCC(C)(CNC1CC1)CN(CC(C)C)C1CCCC1. The summed E-state index contributed by atoms with van der Waals surface area (Å²) in [5, 5.41) is 3.80. The summed E-state index contributed by atoms with van der Waals surface area (Å²) in [4.78, 5) is 2.85. The first kappa shape index (κ1) is 17.3. The molecule has 2 rings (SSSR count). The fourth-order valence-electron chi connectivity index (χ4n) is 4.08. The molecule has 0 spiro atoms. The molecule has 2 aliphatic carbocycles. The predicted molar refractivity (Wildman–Crippen MR) is 92.7 cm³/mol. The molecule has 2 heteroatoms. The fraction of sp³-hybridized carbons (Fsp3) is 1.00. The van der Waals surface area contributed by atoms with E-state index in [4.69, 9.17) is 0 Å². The van der Waals surface area contributed by atoms with E-state index in [9.17, 15) is 0 Å². The van der Waals surface area contributed by atoms with Crippen molar-refractivity contribution in [2.45, 2.75) is 91.1 Å². The maximum absolute atomic E-state index is 3.80. The van der Waals surface area contributed by atoms with Gasteiger partial charge in [-0.25, -0.2) is 0 Å². The summed E-state index contributed by atoms with van der Waals surface area (Å²) in [5.74, 6) is 0.785. The summed E-state index contributed by atoms with van der Waals surface area (Å²) in [6.07, 6.45) is 11.2. The average molecular weight is 295 g/mol. The lowest BCUT2D eigenvalue weighted by Crippen LogP contribution is -2.47. The third-order valence-electron chi connectivity index (χ3n) is 5.27. The van der Waals surface area contributed by atoms with Gasteiger partial charge in [0.1, 0.15) is 0 Å². The van der Waals surface area contributed by atoms with Gasteiger partial charge in [-0.1, -0.05) is 47.0 Å². The molecule has 2 saturated carbocycles. The van der Waals surface area contributed by atoms with Crippen molar-refractivity contribution in [1.82, 2.24) is 10.2 Å². The third-order valence-corrected chi connectivity index (χ3v) is 5.27. The van der Waals surface area contributed by atoms with Crippen molar-refractivity contribution in [2.24, 2.45) is 11.3 Å². The molecule has 0 bridgehead atoms. The van der Waals surface area contributed by atoms with E-state index in [-0.39, 0.29) is 0 Å². The maximum Gasteiger partial charge on any atom is 0.00956 e. The van der Waals surface area contributed by atoms with E-state index >= 15 is 0 Å². The highest BCUT2D eigenvalue weighted by molar-refractivity contribution is 4.89. The van der Waals surface area contributed by atoms with Crippen LogP contribution in [0, 0.1) is 11.3 Å². The summed E-state index contributed by atoms with van der Waals surface area (Å²) < 4.78 is 0. The van der Waals surface area contributed by atoms with Crippen molar-refractivity contribution in [3.63, 3.8) is 0 Å². The molecule has 0 aliphatic heterocycles. The molecular formula is C19H38N2. The number of nitrogens with one attached hydrogen (secondary N) is 1. The van der Waals surface area contributed by atoms with Gasteiger partial charge in [-0.05, 0) is 43.4 Å². The van der Waals surface area contributed by atoms with Gasteiger partial charge in [0.2, 0.25) is 0 Å². The molecule has 0 saturated heterocycles. The smallest absolute Gasteiger partial charge is 0.00956 e. The van der Waals surface area contributed by atoms with E-state index in [1.54, 1.807) is 0 Å². The summed E-state index contributed by atoms with van der Waals surface area (Å²) in [6, 6.07) is 1.70. The van der Waals surface area contributed by atoms with Crippen LogP contribution in [-0.4, -0.2) is 36.6 Å². The average Bonchev–Trinajstić information content (AvgIpc) is 3.08. The Hall–Kier alpha value is -0.0800. The standard InChI is InChI=1S/C19H38N2/c1-5-12-19(4,14-20-17-10-11-17)15-21(13-16(2)3)18-8-6-7-9-18/h16-18,20H,5-15H2,1-4H3. The van der Waals surface area contributed by atoms with Gasteiger partial charge in [-0.2, -0.15) is 0 Å². The molecule has 21 heavy (non-hydrogen) atoms. The maximum atomic E-state index is 3.80. The monoisotopic (exact) mass is 294 g/mol. The van der Waals surface area contributed by atoms with Gasteiger partial charge >= 0.3 is 0 Å². The molecule has 0 amide bonds. The highest BCUT2D eigenvalue weighted by Gasteiger charge is 2.33. The van der Waals surface area contributed by atoms with Crippen LogP contribution >= 0.6 is 0 Å². The zero-order chi connectivity index (χ0) is 15.3. The first-order chi connectivity index (χ1) is 10.0. The van der Waals surface area contributed by atoms with Crippen LogP contribution in [0.4, 0.5) is 0 Å². The van der Waals surface area contributed by atoms with Crippen LogP contribution in [0.3, 0.4) is 0 Å². The second-order valence-electron chi connectivity index (χ2n) is 8.48. The lowest BCUT2D eigenvalue weighted by Gasteiger charge is -2.40. The van der Waals surface area contributed by atoms with Crippen molar-refractivity contribution < 1.29 is 0 Å². The molecule has 1 N–H and O–H groups in total. The van der Waals surface area contributed by atoms with Crippen LogP contribution in [0.15, 0.2) is 0 Å². The normalized spacial score (nSPS) is 23.1. The van der Waals surface area contributed by atoms with E-state index in [0.717, 1.165) is 18.0 Å². The van der Waals surface area contributed by atoms with E-state index < -0.39 is 0 Å². The van der Waals surface area contributed by atoms with Crippen molar-refractivity contribution in [3.8, 4) is 0 Å². The topological polar surface area (TPSA) is 15.3 Å². The molecule has 1 unspecified atom stereocenters. The van der Waals surface area contributed by atoms with Gasteiger partial charge in [0.25, 0.3) is 0 Å². The van der Waals surface area contributed by atoms with Gasteiger partial charge in [0.15, 0.2) is 0 Å². The van der Waals surface area contributed by atoms with Crippen LogP contribution in [0.1, 0.15) is 79.1 Å². The van der Waals surface area contributed by atoms with Crippen LogP contribution in [0.5, 0.6) is 0 Å². The van der Waals surface area contributed by atoms with Crippen LogP contribution < -0.4 is 5.32 Å². The molecule has 2 fully saturated rings. The molecule has 2 aliphatic rings. The van der Waals surface area contributed by atoms with Crippen molar-refractivity contribution >= 4 is 0 Å². The summed E-state index contributed by atoms with van der Waals surface area (Å²) in [7, 11) is 0. The molecule has 124 valence electrons. The van der Waals surface area contributed by atoms with Gasteiger partial charge in [-0.3, -0.25) is 4.90 Å². The van der Waals surface area contributed by atoms with Gasteiger partial charge < -0.3 is 5.32 Å². The first-order valence-electron chi connectivity index (χ1n) is 9.50. The number of rotatable bonds is 10. The fourth-order valence-corrected chi connectivity index (χ4v) is 4.08. The number of hydrogen-bond acceptors (Lipinski definition) is 2. The van der Waals surface area contributed by atoms with Crippen molar-refractivity contribution in [3.05, 3.63) is 0 Å². The predicted octanol–water partition coefficient (Wildman–Crippen LogP) is 4.45. The van der Waals surface area contributed by atoms with Gasteiger partial charge in [0.05, 0.1) is 0 Å². The van der Waals surface area contributed by atoms with Crippen LogP contribution in [-0.2, 0) is 0 Å². The zero-order valence-corrected chi connectivity index (χ0v) is 15.0. The lowest BCUT2D eigenvalue weighted by atomic mass is 9.84. The van der Waals surface area contributed by atoms with E-state index in [0.29, 0.717) is 5.41 Å². The largest absolute Gasteiger partial charge is 0.313 e. The van der Waals surface area contributed by atoms with E-state index in [1.165, 1.54) is 71.0 Å². The Bertz CT molecular complexity index is 292. The van der Waals surface area contributed by atoms with Gasteiger partial charge in [-0.15, -0.1) is 0 Å². The Morgan fingerprint density at radius 3 is 2.33 bits per heavy atom.